The minimum atomic E-state index is -0.593. The largest absolute Gasteiger partial charge is 0.508 e. The molecule has 0 saturated heterocycles. The van der Waals surface area contributed by atoms with Crippen molar-refractivity contribution in [3.8, 4) is 5.75 Å². The Balaban J connectivity index is 2.18. The Bertz CT molecular complexity index is 685. The van der Waals surface area contributed by atoms with E-state index in [2.05, 4.69) is 33.8 Å². The average Bonchev–Trinajstić information content (AvgIpc) is 2.59. The summed E-state index contributed by atoms with van der Waals surface area (Å²) in [7, 11) is 0. The molecule has 0 radical (unpaired) electrons. The first-order valence-electron chi connectivity index (χ1n) is 9.72. The number of Topliss-reactive ketones (excluding diaryl/α,β-unsaturated/α-hetero) is 1. The van der Waals surface area contributed by atoms with Gasteiger partial charge in [-0.15, -0.1) is 0 Å². The Hall–Kier alpha value is -1.91. The van der Waals surface area contributed by atoms with Crippen molar-refractivity contribution in [2.45, 2.75) is 59.2 Å². The van der Waals surface area contributed by atoms with Crippen molar-refractivity contribution >= 4 is 5.78 Å². The number of phenolic OH excluding ortho intramolecular Hbond substituents is 1. The number of allylic oxidation sites excluding steroid dienone is 2. The molecule has 1 aromatic carbocycles. The smallest absolute Gasteiger partial charge is 0.188 e. The Morgan fingerprint density at radius 2 is 1.85 bits per heavy atom. The number of rotatable bonds is 5. The number of aliphatic hydroxyl groups excluding tert-OH is 1. The van der Waals surface area contributed by atoms with Gasteiger partial charge < -0.3 is 14.9 Å². The Morgan fingerprint density at radius 3 is 2.48 bits per heavy atom. The van der Waals surface area contributed by atoms with Crippen LogP contribution in [0.15, 0.2) is 47.6 Å². The zero-order valence-electron chi connectivity index (χ0n) is 16.8. The highest BCUT2D eigenvalue weighted by atomic mass is 16.5. The van der Waals surface area contributed by atoms with E-state index in [1.807, 2.05) is 6.08 Å². The molecular formula is C23H32O4. The molecule has 1 aromatic rings. The van der Waals surface area contributed by atoms with Gasteiger partial charge in [-0.05, 0) is 63.3 Å². The fraction of sp³-hybridized carbons (Fsp3) is 0.522. The van der Waals surface area contributed by atoms with Crippen LogP contribution in [0.1, 0.15) is 57.3 Å². The van der Waals surface area contributed by atoms with Crippen molar-refractivity contribution < 1.29 is 19.7 Å². The average molecular weight is 373 g/mol. The summed E-state index contributed by atoms with van der Waals surface area (Å²) in [5, 5.41) is 20.2. The third kappa shape index (κ3) is 6.33. The highest BCUT2D eigenvalue weighted by Crippen LogP contribution is 2.30. The topological polar surface area (TPSA) is 66.8 Å². The van der Waals surface area contributed by atoms with E-state index in [1.165, 1.54) is 23.3 Å². The molecule has 0 bridgehead atoms. The van der Waals surface area contributed by atoms with Gasteiger partial charge in [0.25, 0.3) is 0 Å². The van der Waals surface area contributed by atoms with Crippen molar-refractivity contribution in [2.75, 3.05) is 6.61 Å². The second-order valence-corrected chi connectivity index (χ2v) is 7.94. The standard InChI is InChI=1S/C23H32O4/c1-15(2)23-20(25)12-16(3)6-5-7-17(4)13-22(23)27-14-21(26)18-8-10-19(24)11-9-18/h7-12,15,20,22-25H,5-6,13-14H2,1-4H3/b16-12+,17-7-/t20-,22-,23+/m1/s1. The van der Waals surface area contributed by atoms with Crippen LogP contribution in [0.4, 0.5) is 0 Å². The highest BCUT2D eigenvalue weighted by Gasteiger charge is 2.32. The third-order valence-corrected chi connectivity index (χ3v) is 5.22. The lowest BCUT2D eigenvalue weighted by molar-refractivity contribution is -0.0348. The number of ether oxygens (including phenoxy) is 1. The molecule has 4 nitrogen and oxygen atoms in total. The van der Waals surface area contributed by atoms with Crippen LogP contribution in [-0.4, -0.2) is 34.8 Å². The van der Waals surface area contributed by atoms with E-state index in [-0.39, 0.29) is 36.1 Å². The maximum atomic E-state index is 12.5. The lowest BCUT2D eigenvalue weighted by Crippen LogP contribution is -2.38. The van der Waals surface area contributed by atoms with Gasteiger partial charge >= 0.3 is 0 Å². The zero-order chi connectivity index (χ0) is 20.0. The number of aliphatic hydroxyl groups is 1. The van der Waals surface area contributed by atoms with Crippen molar-refractivity contribution in [2.24, 2.45) is 11.8 Å². The summed E-state index contributed by atoms with van der Waals surface area (Å²) in [6, 6.07) is 6.19. The van der Waals surface area contributed by atoms with Crippen LogP contribution < -0.4 is 0 Å². The summed E-state index contributed by atoms with van der Waals surface area (Å²) in [5.74, 6) is 0.127. The molecule has 3 atom stereocenters. The van der Waals surface area contributed by atoms with Gasteiger partial charge in [0.2, 0.25) is 0 Å². The predicted molar refractivity (Wildman–Crippen MR) is 108 cm³/mol. The van der Waals surface area contributed by atoms with Gasteiger partial charge in [0.15, 0.2) is 5.78 Å². The molecular weight excluding hydrogens is 340 g/mol. The summed E-state index contributed by atoms with van der Waals surface area (Å²) in [5.41, 5.74) is 2.92. The van der Waals surface area contributed by atoms with Crippen molar-refractivity contribution in [1.29, 1.82) is 0 Å². The van der Waals surface area contributed by atoms with Gasteiger partial charge in [0.1, 0.15) is 12.4 Å². The summed E-state index contributed by atoms with van der Waals surface area (Å²) in [4.78, 5) is 12.5. The minimum Gasteiger partial charge on any atom is -0.508 e. The highest BCUT2D eigenvalue weighted by molar-refractivity contribution is 5.97. The lowest BCUT2D eigenvalue weighted by Gasteiger charge is -2.34. The van der Waals surface area contributed by atoms with Gasteiger partial charge in [-0.1, -0.05) is 37.1 Å². The van der Waals surface area contributed by atoms with Crippen LogP contribution in [0, 0.1) is 11.8 Å². The molecule has 0 amide bonds. The molecule has 1 aliphatic carbocycles. The van der Waals surface area contributed by atoms with E-state index in [1.54, 1.807) is 12.1 Å². The van der Waals surface area contributed by atoms with Gasteiger partial charge in [0, 0.05) is 11.5 Å². The van der Waals surface area contributed by atoms with Crippen LogP contribution >= 0.6 is 0 Å². The minimum absolute atomic E-state index is 0.0403. The summed E-state index contributed by atoms with van der Waals surface area (Å²) in [6.45, 7) is 8.26. The monoisotopic (exact) mass is 372 g/mol. The SMILES string of the molecule is C/C1=C/CC/C(C)=C/[C@@H](O)[C@H](C(C)C)[C@H](OCC(=O)c2ccc(O)cc2)C1. The van der Waals surface area contributed by atoms with Crippen molar-refractivity contribution in [3.05, 3.63) is 53.1 Å². The van der Waals surface area contributed by atoms with Crippen LogP contribution in [0.25, 0.3) is 0 Å². The maximum absolute atomic E-state index is 12.5. The lowest BCUT2D eigenvalue weighted by atomic mass is 9.81. The number of hydrogen-bond donors (Lipinski definition) is 2. The van der Waals surface area contributed by atoms with E-state index >= 15 is 0 Å². The van der Waals surface area contributed by atoms with E-state index in [9.17, 15) is 15.0 Å². The molecule has 0 heterocycles. The first kappa shape index (κ1) is 21.4. The molecule has 2 rings (SSSR count). The maximum Gasteiger partial charge on any atom is 0.188 e. The first-order valence-corrected chi connectivity index (χ1v) is 9.72. The predicted octanol–water partition coefficient (Wildman–Crippen LogP) is 4.67. The number of hydrogen-bond acceptors (Lipinski definition) is 4. The van der Waals surface area contributed by atoms with Gasteiger partial charge in [-0.2, -0.15) is 0 Å². The zero-order valence-corrected chi connectivity index (χ0v) is 16.8. The molecule has 1 aliphatic rings. The van der Waals surface area contributed by atoms with E-state index in [0.717, 1.165) is 12.8 Å². The van der Waals surface area contributed by atoms with E-state index < -0.39 is 6.10 Å². The summed E-state index contributed by atoms with van der Waals surface area (Å²) >= 11 is 0. The molecule has 2 N–H and O–H groups in total. The van der Waals surface area contributed by atoms with Crippen LogP contribution in [0.2, 0.25) is 0 Å². The number of benzene rings is 1. The Morgan fingerprint density at radius 1 is 1.19 bits per heavy atom. The van der Waals surface area contributed by atoms with Gasteiger partial charge in [-0.3, -0.25) is 4.79 Å². The Kier molecular flexibility index (Phi) is 7.81. The van der Waals surface area contributed by atoms with Gasteiger partial charge in [-0.25, -0.2) is 0 Å². The molecule has 0 aromatic heterocycles. The second kappa shape index (κ2) is 9.86. The summed E-state index contributed by atoms with van der Waals surface area (Å²) < 4.78 is 6.07. The number of carbonyl (C=O) groups is 1. The quantitative estimate of drug-likeness (QED) is 0.582. The summed E-state index contributed by atoms with van der Waals surface area (Å²) in [6.07, 6.45) is 5.94. The van der Waals surface area contributed by atoms with E-state index in [4.69, 9.17) is 4.74 Å². The third-order valence-electron chi connectivity index (χ3n) is 5.22. The molecule has 0 spiro atoms. The molecule has 0 saturated carbocycles. The van der Waals surface area contributed by atoms with Crippen molar-refractivity contribution in [1.82, 2.24) is 0 Å². The van der Waals surface area contributed by atoms with Crippen molar-refractivity contribution in [3.63, 3.8) is 0 Å². The molecule has 0 fully saturated rings. The normalized spacial score (nSPS) is 28.1. The first-order chi connectivity index (χ1) is 12.8. The van der Waals surface area contributed by atoms with Crippen LogP contribution in [0.5, 0.6) is 5.75 Å². The molecule has 148 valence electrons. The molecule has 0 aliphatic heterocycles. The van der Waals surface area contributed by atoms with Crippen LogP contribution in [-0.2, 0) is 4.74 Å². The fourth-order valence-corrected chi connectivity index (χ4v) is 3.70. The second-order valence-electron chi connectivity index (χ2n) is 7.94. The number of aromatic hydroxyl groups is 1. The van der Waals surface area contributed by atoms with E-state index in [0.29, 0.717) is 12.0 Å². The molecule has 0 unspecified atom stereocenters. The van der Waals surface area contributed by atoms with Gasteiger partial charge in [0.05, 0.1) is 12.2 Å². The fourth-order valence-electron chi connectivity index (χ4n) is 3.70. The molecule has 27 heavy (non-hydrogen) atoms. The molecule has 4 heteroatoms. The number of ketones is 1. The number of phenols is 1. The number of carbonyl (C=O) groups excluding carboxylic acids is 1. The Labute approximate surface area is 162 Å². The van der Waals surface area contributed by atoms with Crippen LogP contribution in [0.3, 0.4) is 0 Å².